The Hall–Kier alpha value is -3.59. The van der Waals surface area contributed by atoms with Crippen molar-refractivity contribution in [2.45, 2.75) is 18.9 Å². The van der Waals surface area contributed by atoms with Crippen LogP contribution in [0.2, 0.25) is 0 Å². The molecule has 1 atom stereocenters. The van der Waals surface area contributed by atoms with E-state index in [1.165, 1.54) is 10.5 Å². The van der Waals surface area contributed by atoms with Gasteiger partial charge in [0.25, 0.3) is 0 Å². The van der Waals surface area contributed by atoms with E-state index in [-0.39, 0.29) is 6.04 Å². The fraction of sp³-hybridized carbons (Fsp3) is 0.375. The third-order valence-electron chi connectivity index (χ3n) is 6.29. The second-order valence-electron chi connectivity index (χ2n) is 8.68. The highest BCUT2D eigenvalue weighted by Crippen LogP contribution is 2.33. The summed E-state index contributed by atoms with van der Waals surface area (Å²) in [6, 6.07) is 10.7. The number of aryl methyl sites for hydroxylation is 1. The fourth-order valence-corrected chi connectivity index (χ4v) is 4.31. The predicted octanol–water partition coefficient (Wildman–Crippen LogP) is 3.63. The van der Waals surface area contributed by atoms with E-state index in [4.69, 9.17) is 4.98 Å². The molecule has 0 bridgehead atoms. The lowest BCUT2D eigenvalue weighted by Gasteiger charge is -2.27. The molecule has 3 aromatic heterocycles. The number of hydrogen-bond acceptors (Lipinski definition) is 5. The summed E-state index contributed by atoms with van der Waals surface area (Å²) in [5, 5.41) is 13.4. The summed E-state index contributed by atoms with van der Waals surface area (Å²) >= 11 is 0. The van der Waals surface area contributed by atoms with Crippen molar-refractivity contribution in [1.29, 1.82) is 0 Å². The van der Waals surface area contributed by atoms with Gasteiger partial charge in [0.1, 0.15) is 11.2 Å². The van der Waals surface area contributed by atoms with Gasteiger partial charge in [0, 0.05) is 50.4 Å². The van der Waals surface area contributed by atoms with Crippen molar-refractivity contribution >= 4 is 34.0 Å². The number of nitrogens with zero attached hydrogens (tertiary/aromatic N) is 5. The van der Waals surface area contributed by atoms with E-state index in [1.807, 2.05) is 51.2 Å². The Kier molecular flexibility index (Phi) is 6.24. The van der Waals surface area contributed by atoms with Crippen LogP contribution in [-0.4, -0.2) is 81.3 Å². The molecule has 33 heavy (non-hydrogen) atoms. The van der Waals surface area contributed by atoms with Crippen molar-refractivity contribution < 1.29 is 9.90 Å². The van der Waals surface area contributed by atoms with Crippen molar-refractivity contribution in [3.8, 4) is 11.3 Å². The van der Waals surface area contributed by atoms with Crippen molar-refractivity contribution in [3.63, 3.8) is 0 Å². The lowest BCUT2D eigenvalue weighted by atomic mass is 9.96. The molecule has 4 aromatic rings. The van der Waals surface area contributed by atoms with E-state index >= 15 is 0 Å². The molecule has 0 spiro atoms. The van der Waals surface area contributed by atoms with Crippen molar-refractivity contribution in [1.82, 2.24) is 29.3 Å². The van der Waals surface area contributed by atoms with Gasteiger partial charge in [0.15, 0.2) is 5.82 Å². The minimum Gasteiger partial charge on any atom is -0.465 e. The number of carbonyl (C=O) groups is 1. The molecule has 0 aliphatic heterocycles. The number of aromatic nitrogens is 4. The van der Waals surface area contributed by atoms with Crippen molar-refractivity contribution in [2.75, 3.05) is 40.1 Å². The van der Waals surface area contributed by atoms with Crippen LogP contribution in [-0.2, 0) is 13.5 Å². The Balaban J connectivity index is 1.71. The van der Waals surface area contributed by atoms with E-state index in [9.17, 15) is 9.90 Å². The van der Waals surface area contributed by atoms with Crippen LogP contribution in [0.15, 0.2) is 36.7 Å². The maximum atomic E-state index is 11.2. The molecule has 0 fully saturated rings. The molecule has 3 heterocycles. The van der Waals surface area contributed by atoms with Gasteiger partial charge in [-0.05, 0) is 38.6 Å². The first-order valence-electron chi connectivity index (χ1n) is 11.0. The molecule has 9 nitrogen and oxygen atoms in total. The Bertz CT molecular complexity index is 1290. The number of fused-ring (bicyclic) bond motifs is 3. The van der Waals surface area contributed by atoms with Crippen LogP contribution in [0.25, 0.3) is 33.3 Å². The smallest absolute Gasteiger partial charge is 0.407 e. The molecule has 0 saturated heterocycles. The second-order valence-corrected chi connectivity index (χ2v) is 8.68. The number of pyridine rings is 1. The zero-order valence-corrected chi connectivity index (χ0v) is 19.8. The van der Waals surface area contributed by atoms with Gasteiger partial charge in [-0.25, -0.2) is 14.8 Å². The van der Waals surface area contributed by atoms with Gasteiger partial charge in [-0.2, -0.15) is 0 Å². The van der Waals surface area contributed by atoms with Crippen LogP contribution in [0.4, 0.5) is 10.6 Å². The van der Waals surface area contributed by atoms with E-state index < -0.39 is 6.09 Å². The number of carboxylic acid groups (broad SMARTS) is 1. The number of hydrogen-bond donors (Lipinski definition) is 3. The van der Waals surface area contributed by atoms with Gasteiger partial charge in [-0.3, -0.25) is 0 Å². The normalized spacial score (nSPS) is 12.5. The fourth-order valence-electron chi connectivity index (χ4n) is 4.31. The molecule has 9 heteroatoms. The van der Waals surface area contributed by atoms with Crippen molar-refractivity contribution in [3.05, 3.63) is 42.2 Å². The average molecular weight is 450 g/mol. The van der Waals surface area contributed by atoms with E-state index in [0.29, 0.717) is 6.54 Å². The number of amides is 1. The molecule has 1 amide bonds. The summed E-state index contributed by atoms with van der Waals surface area (Å²) in [4.78, 5) is 27.5. The summed E-state index contributed by atoms with van der Waals surface area (Å²) in [6.45, 7) is 0.488. The Morgan fingerprint density at radius 2 is 2.03 bits per heavy atom. The molecule has 1 aromatic carbocycles. The molecule has 0 saturated carbocycles. The maximum Gasteiger partial charge on any atom is 0.407 e. The van der Waals surface area contributed by atoms with E-state index in [0.717, 1.165) is 52.0 Å². The van der Waals surface area contributed by atoms with E-state index in [2.05, 4.69) is 38.4 Å². The summed E-state index contributed by atoms with van der Waals surface area (Å²) in [7, 11) is 9.53. The monoisotopic (exact) mass is 449 g/mol. The first kappa shape index (κ1) is 22.6. The van der Waals surface area contributed by atoms with Crippen LogP contribution >= 0.6 is 0 Å². The molecule has 174 valence electrons. The van der Waals surface area contributed by atoms with Gasteiger partial charge < -0.3 is 29.8 Å². The van der Waals surface area contributed by atoms with Gasteiger partial charge >= 0.3 is 6.09 Å². The maximum absolute atomic E-state index is 11.2. The third-order valence-corrected chi connectivity index (χ3v) is 6.29. The van der Waals surface area contributed by atoms with Crippen LogP contribution < -0.4 is 5.32 Å². The Morgan fingerprint density at radius 3 is 2.73 bits per heavy atom. The Labute approximate surface area is 193 Å². The average Bonchev–Trinajstić information content (AvgIpc) is 3.39. The SMILES string of the molecule is CNc1nc2[nH]c(-c3ccccc3CC(CCN(C)C(=O)O)N(C)C)cc2c2c1ncn2C. The lowest BCUT2D eigenvalue weighted by Crippen LogP contribution is -2.35. The second kappa shape index (κ2) is 9.11. The predicted molar refractivity (Wildman–Crippen MR) is 132 cm³/mol. The lowest BCUT2D eigenvalue weighted by molar-refractivity contribution is 0.150. The summed E-state index contributed by atoms with van der Waals surface area (Å²) in [6.07, 6.45) is 2.46. The molecular weight excluding hydrogens is 418 g/mol. The first-order valence-corrected chi connectivity index (χ1v) is 11.0. The highest BCUT2D eigenvalue weighted by atomic mass is 16.4. The number of H-pyrrole nitrogens is 1. The minimum atomic E-state index is -0.902. The van der Waals surface area contributed by atoms with Crippen LogP contribution in [0, 0.1) is 0 Å². The van der Waals surface area contributed by atoms with Crippen LogP contribution in [0.5, 0.6) is 0 Å². The Morgan fingerprint density at radius 1 is 1.27 bits per heavy atom. The van der Waals surface area contributed by atoms with Crippen molar-refractivity contribution in [2.24, 2.45) is 7.05 Å². The number of likely N-dealkylation sites (N-methyl/N-ethyl adjacent to an activating group) is 1. The zero-order valence-electron chi connectivity index (χ0n) is 19.8. The molecule has 4 rings (SSSR count). The van der Waals surface area contributed by atoms with Gasteiger partial charge in [-0.1, -0.05) is 24.3 Å². The van der Waals surface area contributed by atoms with Gasteiger partial charge in [-0.15, -0.1) is 0 Å². The highest BCUT2D eigenvalue weighted by Gasteiger charge is 2.19. The molecular formula is C24H31N7O2. The molecule has 0 aliphatic rings. The van der Waals surface area contributed by atoms with Crippen LogP contribution in [0.3, 0.4) is 0 Å². The largest absolute Gasteiger partial charge is 0.465 e. The minimum absolute atomic E-state index is 0.204. The standard InChI is InChI=1S/C24H31N7O2/c1-25-23-20-21(31(5)14-26-20)18-13-19(27-22(18)28-23)17-9-7-6-8-15(17)12-16(29(2)3)10-11-30(4)24(32)33/h6-9,13-14,16H,10-12H2,1-5H3,(H,32,33)(H2,25,27,28). The quantitative estimate of drug-likeness (QED) is 0.380. The van der Waals surface area contributed by atoms with Crippen LogP contribution in [0.1, 0.15) is 12.0 Å². The van der Waals surface area contributed by atoms with E-state index in [1.54, 1.807) is 7.05 Å². The van der Waals surface area contributed by atoms with Gasteiger partial charge in [0.05, 0.1) is 11.8 Å². The molecule has 3 N–H and O–H groups in total. The number of rotatable bonds is 8. The van der Waals surface area contributed by atoms with Gasteiger partial charge in [0.2, 0.25) is 0 Å². The summed E-state index contributed by atoms with van der Waals surface area (Å²) < 4.78 is 2.02. The number of benzene rings is 1. The topological polar surface area (TPSA) is 102 Å². The molecule has 0 aliphatic carbocycles. The first-order chi connectivity index (χ1) is 15.8. The number of nitrogens with one attached hydrogen (secondary N) is 2. The highest BCUT2D eigenvalue weighted by molar-refractivity contribution is 6.07. The summed E-state index contributed by atoms with van der Waals surface area (Å²) in [5.74, 6) is 0.745. The molecule has 0 radical (unpaired) electrons. The zero-order chi connectivity index (χ0) is 23.7. The number of imidazole rings is 1. The third kappa shape index (κ3) is 4.36. The number of anilines is 1. The molecule has 1 unspecified atom stereocenters. The summed E-state index contributed by atoms with van der Waals surface area (Å²) in [5.41, 5.74) is 6.02. The number of aromatic amines is 1.